The number of ether oxygens (including phenoxy) is 1. The highest BCUT2D eigenvalue weighted by Crippen LogP contribution is 2.62. The molecule has 0 unspecified atom stereocenters. The van der Waals surface area contributed by atoms with Crippen molar-refractivity contribution >= 4 is 72.9 Å². The summed E-state index contributed by atoms with van der Waals surface area (Å²) >= 11 is 0. The number of para-hydroxylation sites is 5. The van der Waals surface area contributed by atoms with Gasteiger partial charge in [0.15, 0.2) is 28.9 Å². The van der Waals surface area contributed by atoms with Crippen molar-refractivity contribution in [2.24, 2.45) is 0 Å². The van der Waals surface area contributed by atoms with E-state index in [-0.39, 0.29) is 5.41 Å². The highest BCUT2D eigenvalue weighted by Gasteiger charge is 2.49. The summed E-state index contributed by atoms with van der Waals surface area (Å²) in [5, 5.41) is 2.07. The standard InChI is InChI=1S/C42H26N4O.C38H24N4O.C37H27N5/c1-3-12-27(13-4-1)42(28-14-5-2-6-15-28)34-19-11-22-44-38(34)39-35(42)24-29(25-45-39)46-36-20-10-9-18-33(36)41-40(46)32-17-8-7-16-30(32)31-21-23-43-26-37(31)47-41;1-3-11-25(12-4-1)38-40-32-23-27(19-20-34(32)42(38)26-13-5-2-6-14-26)41-33-17-9-7-15-29(33)28-21-22-39-24-31(28)37-36(41)30-16-8-10-18-35(30)43-37;1-37(2)30-19-11-9-18-28(30)33-32(37)27-21-22-38-23-29(27)26-17-10-12-20-31(26)42(33)36-40-34(24-13-5-3-6-14-24)39-35(41-36)25-15-7-4-8-16-25/h1-26H;1-24H;3-23H,1-2H3. The molecule has 2 aliphatic carbocycles. The van der Waals surface area contributed by atoms with Crippen molar-refractivity contribution in [1.29, 1.82) is 0 Å². The average Bonchev–Trinajstić information content (AvgIpc) is 1.54. The van der Waals surface area contributed by atoms with Crippen LogP contribution in [0.4, 0.5) is 28.7 Å². The molecule has 622 valence electrons. The molecule has 5 aliphatic rings. The molecule has 27 rings (SSSR count). The second kappa shape index (κ2) is 31.1. The fourth-order valence-corrected chi connectivity index (χ4v) is 20.6. The molecule has 9 aromatic heterocycles. The number of benzene rings is 13. The van der Waals surface area contributed by atoms with Gasteiger partial charge in [0.05, 0.1) is 74.2 Å². The molecule has 0 saturated carbocycles. The number of imidazole rings is 1. The van der Waals surface area contributed by atoms with E-state index in [1.807, 2.05) is 147 Å². The van der Waals surface area contributed by atoms with Crippen LogP contribution in [0.15, 0.2) is 436 Å². The first-order valence-corrected chi connectivity index (χ1v) is 44.3. The summed E-state index contributed by atoms with van der Waals surface area (Å²) in [6.45, 7) is 4.62. The van der Waals surface area contributed by atoms with Crippen molar-refractivity contribution in [3.63, 3.8) is 0 Å². The van der Waals surface area contributed by atoms with Crippen LogP contribution in [0.25, 0.3) is 157 Å². The molecular weight excluding hydrogens is 1620 g/mol. The van der Waals surface area contributed by atoms with Crippen LogP contribution in [-0.4, -0.2) is 54.0 Å². The summed E-state index contributed by atoms with van der Waals surface area (Å²) in [5.74, 6) is 5.10. The van der Waals surface area contributed by atoms with Gasteiger partial charge in [-0.2, -0.15) is 9.97 Å². The lowest BCUT2D eigenvalue weighted by Gasteiger charge is -2.33. The van der Waals surface area contributed by atoms with E-state index in [9.17, 15) is 0 Å². The Morgan fingerprint density at radius 2 is 0.864 bits per heavy atom. The number of allylic oxidation sites excluding steroid dienone is 1. The Balaban J connectivity index is 0.000000107. The molecule has 22 aromatic rings. The van der Waals surface area contributed by atoms with Crippen LogP contribution in [-0.2, 0) is 10.8 Å². The molecule has 15 heteroatoms. The van der Waals surface area contributed by atoms with Gasteiger partial charge in [0.25, 0.3) is 0 Å². The topological polar surface area (TPSA) is 155 Å². The third kappa shape index (κ3) is 12.2. The highest BCUT2D eigenvalue weighted by atomic mass is 16.5. The zero-order chi connectivity index (χ0) is 87.5. The fourth-order valence-electron chi connectivity index (χ4n) is 20.6. The zero-order valence-electron chi connectivity index (χ0n) is 71.6. The molecule has 0 saturated heterocycles. The molecule has 0 bridgehead atoms. The van der Waals surface area contributed by atoms with Gasteiger partial charge in [0.1, 0.15) is 17.1 Å². The maximum Gasteiger partial charge on any atom is 0.238 e. The maximum absolute atomic E-state index is 6.81. The van der Waals surface area contributed by atoms with Crippen LogP contribution in [0, 0.1) is 0 Å². The lowest BCUT2D eigenvalue weighted by Crippen LogP contribution is -2.28. The number of furan rings is 1. The molecule has 0 spiro atoms. The number of fused-ring (bicyclic) bond motifs is 24. The molecule has 3 aliphatic heterocycles. The van der Waals surface area contributed by atoms with Crippen molar-refractivity contribution in [2.75, 3.05) is 9.80 Å². The summed E-state index contributed by atoms with van der Waals surface area (Å²) in [4.78, 5) is 48.8. The monoisotopic (exact) mass is 1700 g/mol. The van der Waals surface area contributed by atoms with E-state index in [1.165, 1.54) is 33.4 Å². The van der Waals surface area contributed by atoms with Crippen molar-refractivity contribution in [1.82, 2.24) is 54.0 Å². The molecule has 13 aromatic carbocycles. The summed E-state index contributed by atoms with van der Waals surface area (Å²) in [6.07, 6.45) is 15.1. The van der Waals surface area contributed by atoms with Gasteiger partial charge in [-0.3, -0.25) is 34.4 Å². The minimum atomic E-state index is -0.610. The zero-order valence-corrected chi connectivity index (χ0v) is 71.6. The number of nitrogens with zero attached hydrogens (tertiary/aromatic N) is 13. The Bertz CT molecular complexity index is 8260. The third-order valence-electron chi connectivity index (χ3n) is 26.3. The van der Waals surface area contributed by atoms with Gasteiger partial charge >= 0.3 is 0 Å². The summed E-state index contributed by atoms with van der Waals surface area (Å²) in [7, 11) is 0. The molecule has 0 atom stereocenters. The minimum absolute atomic E-state index is 0.264. The van der Waals surface area contributed by atoms with E-state index in [0.29, 0.717) is 17.6 Å². The van der Waals surface area contributed by atoms with Gasteiger partial charge < -0.3 is 18.6 Å². The first-order valence-electron chi connectivity index (χ1n) is 44.3. The molecule has 0 amide bonds. The van der Waals surface area contributed by atoms with E-state index < -0.39 is 5.41 Å². The summed E-state index contributed by atoms with van der Waals surface area (Å²) in [6, 6.07) is 133. The molecule has 132 heavy (non-hydrogen) atoms. The van der Waals surface area contributed by atoms with E-state index in [4.69, 9.17) is 39.1 Å². The van der Waals surface area contributed by atoms with E-state index in [2.05, 4.69) is 333 Å². The van der Waals surface area contributed by atoms with Crippen LogP contribution in [0.5, 0.6) is 11.5 Å². The van der Waals surface area contributed by atoms with E-state index in [0.717, 1.165) is 185 Å². The quantitative estimate of drug-likeness (QED) is 0.135. The second-order valence-corrected chi connectivity index (χ2v) is 33.9. The third-order valence-corrected chi connectivity index (χ3v) is 26.3. The van der Waals surface area contributed by atoms with Gasteiger partial charge in [-0.25, -0.2) is 9.97 Å². The van der Waals surface area contributed by atoms with Crippen molar-refractivity contribution in [2.45, 2.75) is 24.7 Å². The van der Waals surface area contributed by atoms with Gasteiger partial charge in [-0.15, -0.1) is 0 Å². The van der Waals surface area contributed by atoms with Crippen molar-refractivity contribution in [3.05, 3.63) is 471 Å². The summed E-state index contributed by atoms with van der Waals surface area (Å²) in [5.41, 5.74) is 33.9. The highest BCUT2D eigenvalue weighted by molar-refractivity contribution is 6.15. The predicted octanol–water partition coefficient (Wildman–Crippen LogP) is 28.1. The Labute approximate surface area is 760 Å². The van der Waals surface area contributed by atoms with E-state index >= 15 is 0 Å². The first kappa shape index (κ1) is 76.7. The molecule has 0 N–H and O–H groups in total. The number of hydrogen-bond acceptors (Lipinski definition) is 13. The molecule has 15 nitrogen and oxygen atoms in total. The first-order chi connectivity index (χ1) is 65.3. The minimum Gasteiger partial charge on any atom is -0.454 e. The lowest BCUT2D eigenvalue weighted by atomic mass is 9.68. The Kier molecular flexibility index (Phi) is 18.1. The predicted molar refractivity (Wildman–Crippen MR) is 527 cm³/mol. The van der Waals surface area contributed by atoms with Gasteiger partial charge in [0, 0.05) is 126 Å². The fraction of sp³-hybridized carbons (Fsp3) is 0.0342. The Morgan fingerprint density at radius 1 is 0.326 bits per heavy atom. The van der Waals surface area contributed by atoms with Crippen molar-refractivity contribution < 1.29 is 9.15 Å². The van der Waals surface area contributed by atoms with Crippen LogP contribution in [0.2, 0.25) is 0 Å². The maximum atomic E-state index is 6.81. The van der Waals surface area contributed by atoms with Crippen LogP contribution < -0.4 is 14.5 Å². The number of aromatic nitrogens is 11. The van der Waals surface area contributed by atoms with Gasteiger partial charge in [0.2, 0.25) is 5.95 Å². The second-order valence-electron chi connectivity index (χ2n) is 33.9. The lowest BCUT2D eigenvalue weighted by molar-refractivity contribution is 0.490. The van der Waals surface area contributed by atoms with Crippen molar-refractivity contribution in [3.8, 4) is 124 Å². The van der Waals surface area contributed by atoms with Gasteiger partial charge in [-0.05, 0) is 142 Å². The van der Waals surface area contributed by atoms with Gasteiger partial charge in [-0.1, -0.05) is 299 Å². The Morgan fingerprint density at radius 3 is 1.57 bits per heavy atom. The van der Waals surface area contributed by atoms with Crippen LogP contribution in [0.3, 0.4) is 0 Å². The average molecular weight is 1700 g/mol. The number of anilines is 5. The van der Waals surface area contributed by atoms with E-state index in [1.54, 1.807) is 0 Å². The normalized spacial score (nSPS) is 13.3. The largest absolute Gasteiger partial charge is 0.454 e. The number of hydrogen-bond donors (Lipinski definition) is 0. The smallest absolute Gasteiger partial charge is 0.238 e. The molecular formula is C117H77N13O2. The summed E-state index contributed by atoms with van der Waals surface area (Å²) < 4.78 is 18.0. The Hall–Kier alpha value is -17.7. The number of rotatable bonds is 9. The number of pyridine rings is 5. The molecule has 0 fully saturated rings. The van der Waals surface area contributed by atoms with Crippen LogP contribution in [0.1, 0.15) is 52.8 Å². The van der Waals surface area contributed by atoms with Crippen LogP contribution >= 0.6 is 0 Å². The molecule has 0 radical (unpaired) electrons. The SMILES string of the molecule is CC1(C)C2=C(c3ccccc31)N(c1nc(-c3ccccc3)nc(-c3ccccc3)n1)c1ccccc1-c1cnccc12.c1ccc(-c2nc3cc(N4c5ccccc5-c5ccncc5-c5oc6ccccc6c54)ccc3n2-c2ccccc2)cc1.c1ccc(C2(c3ccccc3)c3cccnc3-c3ncc(-n4c5c(c6ccccc64)Oc4cnccc4-c4ccccc4-5)cc32)cc1. The molecule has 12 heterocycles.